The van der Waals surface area contributed by atoms with Gasteiger partial charge in [0, 0.05) is 17.9 Å². The van der Waals surface area contributed by atoms with Gasteiger partial charge in [-0.1, -0.05) is 0 Å². The molecule has 0 aliphatic carbocycles. The van der Waals surface area contributed by atoms with E-state index in [9.17, 15) is 4.79 Å². The van der Waals surface area contributed by atoms with E-state index < -0.39 is 0 Å². The molecule has 0 spiro atoms. The predicted octanol–water partition coefficient (Wildman–Crippen LogP) is 1.66. The van der Waals surface area contributed by atoms with Gasteiger partial charge in [0.15, 0.2) is 0 Å². The third kappa shape index (κ3) is 8.63. The molecule has 0 aliphatic heterocycles. The van der Waals surface area contributed by atoms with Gasteiger partial charge in [-0.25, -0.2) is 0 Å². The summed E-state index contributed by atoms with van der Waals surface area (Å²) < 4.78 is 5.10. The lowest BCUT2D eigenvalue weighted by Crippen LogP contribution is -2.94. The highest BCUT2D eigenvalue weighted by Gasteiger charge is 2.11. The molecule has 0 saturated carbocycles. The molecule has 0 aliphatic rings. The number of nitrogens with two attached hydrogens (primary N) is 1. The largest absolute Gasteiger partial charge is 0.497 e. The van der Waals surface area contributed by atoms with Crippen molar-refractivity contribution in [3.63, 3.8) is 0 Å². The summed E-state index contributed by atoms with van der Waals surface area (Å²) in [5, 5.41) is 5.25. The topological polar surface area (TPSA) is 54.9 Å². The molecule has 4 nitrogen and oxygen atoms in total. The fraction of sp³-hybridized carbons (Fsp3) is 0.562. The zero-order valence-electron chi connectivity index (χ0n) is 13.4. The Morgan fingerprint density at radius 1 is 1.29 bits per heavy atom. The van der Waals surface area contributed by atoms with Crippen LogP contribution in [0.1, 0.15) is 27.2 Å². The van der Waals surface area contributed by atoms with Crippen LogP contribution >= 0.6 is 11.8 Å². The van der Waals surface area contributed by atoms with Crippen molar-refractivity contribution in [1.82, 2.24) is 5.32 Å². The van der Waals surface area contributed by atoms with Gasteiger partial charge in [0.2, 0.25) is 5.91 Å². The summed E-state index contributed by atoms with van der Waals surface area (Å²) in [5.41, 5.74) is 0.258. The number of benzene rings is 1. The summed E-state index contributed by atoms with van der Waals surface area (Å²) in [4.78, 5) is 12.8. The molecule has 0 unspecified atom stereocenters. The van der Waals surface area contributed by atoms with Crippen LogP contribution in [0.5, 0.6) is 5.75 Å². The van der Waals surface area contributed by atoms with Crippen LogP contribution in [0.3, 0.4) is 0 Å². The van der Waals surface area contributed by atoms with E-state index in [0.717, 1.165) is 30.2 Å². The normalized spacial score (nSPS) is 11.2. The van der Waals surface area contributed by atoms with Crippen molar-refractivity contribution in [2.24, 2.45) is 0 Å². The molecule has 5 heteroatoms. The van der Waals surface area contributed by atoms with Gasteiger partial charge in [0.1, 0.15) is 5.75 Å². The minimum Gasteiger partial charge on any atom is -0.497 e. The first kappa shape index (κ1) is 17.9. The van der Waals surface area contributed by atoms with Gasteiger partial charge in [0.25, 0.3) is 0 Å². The van der Waals surface area contributed by atoms with Crippen LogP contribution in [0.25, 0.3) is 0 Å². The maximum absolute atomic E-state index is 11.7. The third-order valence-corrected chi connectivity index (χ3v) is 3.90. The number of hydrogen-bond donors (Lipinski definition) is 2. The molecule has 1 aromatic rings. The lowest BCUT2D eigenvalue weighted by molar-refractivity contribution is -0.717. The highest BCUT2D eigenvalue weighted by molar-refractivity contribution is 8.00. The van der Waals surface area contributed by atoms with E-state index >= 15 is 0 Å². The van der Waals surface area contributed by atoms with Gasteiger partial charge in [-0.3, -0.25) is 4.79 Å². The highest BCUT2D eigenvalue weighted by Crippen LogP contribution is 2.20. The van der Waals surface area contributed by atoms with E-state index in [2.05, 4.69) is 31.4 Å². The van der Waals surface area contributed by atoms with E-state index in [4.69, 9.17) is 4.74 Å². The van der Waals surface area contributed by atoms with Crippen molar-refractivity contribution in [2.45, 2.75) is 37.6 Å². The Hall–Kier alpha value is -1.20. The van der Waals surface area contributed by atoms with Crippen LogP contribution in [-0.2, 0) is 4.79 Å². The second-order valence-corrected chi connectivity index (χ2v) is 7.08. The van der Waals surface area contributed by atoms with Gasteiger partial charge in [-0.05, 0) is 45.0 Å². The summed E-state index contributed by atoms with van der Waals surface area (Å²) in [6.45, 7) is 8.36. The minimum atomic E-state index is 0.0894. The molecule has 0 radical (unpaired) electrons. The molecular weight excluding hydrogens is 284 g/mol. The quantitative estimate of drug-likeness (QED) is 0.567. The zero-order chi connectivity index (χ0) is 15.7. The number of nitrogens with one attached hydrogen (secondary N) is 1. The van der Waals surface area contributed by atoms with Gasteiger partial charge in [0.05, 0.1) is 24.9 Å². The molecule has 21 heavy (non-hydrogen) atoms. The first-order valence-electron chi connectivity index (χ1n) is 7.28. The maximum Gasteiger partial charge on any atom is 0.230 e. The third-order valence-electron chi connectivity index (χ3n) is 2.89. The van der Waals surface area contributed by atoms with Crippen LogP contribution in [0.2, 0.25) is 0 Å². The van der Waals surface area contributed by atoms with E-state index in [1.807, 2.05) is 24.3 Å². The van der Waals surface area contributed by atoms with Gasteiger partial charge < -0.3 is 15.4 Å². The van der Waals surface area contributed by atoms with Crippen molar-refractivity contribution < 1.29 is 14.8 Å². The molecule has 0 fully saturated rings. The summed E-state index contributed by atoms with van der Waals surface area (Å²) in [5.74, 6) is 1.38. The average molecular weight is 311 g/mol. The number of methoxy groups -OCH3 is 1. The number of quaternary nitrogens is 1. The van der Waals surface area contributed by atoms with Crippen LogP contribution in [-0.4, -0.2) is 37.4 Å². The molecule has 118 valence electrons. The molecule has 0 bridgehead atoms. The van der Waals surface area contributed by atoms with Crippen molar-refractivity contribution >= 4 is 17.7 Å². The summed E-state index contributed by atoms with van der Waals surface area (Å²) >= 11 is 1.54. The summed E-state index contributed by atoms with van der Waals surface area (Å²) in [7, 11) is 1.65. The predicted molar refractivity (Wildman–Crippen MR) is 87.9 cm³/mol. The van der Waals surface area contributed by atoms with E-state index in [0.29, 0.717) is 5.75 Å². The SMILES string of the molecule is COc1ccc(SCC(=O)NCCC[NH2+]C(C)(C)C)cc1. The fourth-order valence-electron chi connectivity index (χ4n) is 1.74. The average Bonchev–Trinajstić information content (AvgIpc) is 2.44. The van der Waals surface area contributed by atoms with Crippen LogP contribution in [0, 0.1) is 0 Å². The number of amides is 1. The first-order valence-corrected chi connectivity index (χ1v) is 8.27. The van der Waals surface area contributed by atoms with Gasteiger partial charge in [-0.2, -0.15) is 0 Å². The second kappa shape index (κ2) is 8.95. The first-order chi connectivity index (χ1) is 9.90. The van der Waals surface area contributed by atoms with E-state index in [1.54, 1.807) is 18.9 Å². The molecular formula is C16H27N2O2S+. The number of carbonyl (C=O) groups is 1. The Bertz CT molecular complexity index is 427. The number of hydrogen-bond acceptors (Lipinski definition) is 3. The second-order valence-electron chi connectivity index (χ2n) is 6.03. The Morgan fingerprint density at radius 2 is 1.95 bits per heavy atom. The molecule has 1 aromatic carbocycles. The lowest BCUT2D eigenvalue weighted by atomic mass is 10.1. The molecule has 1 rings (SSSR count). The number of carbonyl (C=O) groups excluding carboxylic acids is 1. The van der Waals surface area contributed by atoms with Crippen LogP contribution in [0.15, 0.2) is 29.2 Å². The molecule has 3 N–H and O–H groups in total. The molecule has 0 atom stereocenters. The smallest absolute Gasteiger partial charge is 0.230 e. The monoisotopic (exact) mass is 311 g/mol. The zero-order valence-corrected chi connectivity index (χ0v) is 14.3. The summed E-state index contributed by atoms with van der Waals surface area (Å²) in [6.07, 6.45) is 0.996. The number of ether oxygens (including phenoxy) is 1. The van der Waals surface area contributed by atoms with Crippen molar-refractivity contribution in [3.8, 4) is 5.75 Å². The number of thioether (sulfide) groups is 1. The molecule has 0 saturated heterocycles. The van der Waals surface area contributed by atoms with Crippen LogP contribution in [0.4, 0.5) is 0 Å². The van der Waals surface area contributed by atoms with Gasteiger partial charge >= 0.3 is 0 Å². The Balaban J connectivity index is 2.13. The Labute approximate surface area is 132 Å². The van der Waals surface area contributed by atoms with Gasteiger partial charge in [-0.15, -0.1) is 11.8 Å². The molecule has 1 amide bonds. The van der Waals surface area contributed by atoms with Crippen molar-refractivity contribution in [3.05, 3.63) is 24.3 Å². The van der Waals surface area contributed by atoms with E-state index in [-0.39, 0.29) is 11.4 Å². The molecule has 0 heterocycles. The maximum atomic E-state index is 11.7. The van der Waals surface area contributed by atoms with E-state index in [1.165, 1.54) is 0 Å². The molecule has 0 aromatic heterocycles. The standard InChI is InChI=1S/C16H26N2O2S/c1-16(2,3)18-11-5-10-17-15(19)12-21-14-8-6-13(20-4)7-9-14/h6-9,18H,5,10-12H2,1-4H3,(H,17,19)/p+1. The minimum absolute atomic E-state index is 0.0894. The van der Waals surface area contributed by atoms with Crippen LogP contribution < -0.4 is 15.4 Å². The Kier molecular flexibility index (Phi) is 7.61. The fourth-order valence-corrected chi connectivity index (χ4v) is 2.47. The highest BCUT2D eigenvalue weighted by atomic mass is 32.2. The number of rotatable bonds is 8. The summed E-state index contributed by atoms with van der Waals surface area (Å²) in [6, 6.07) is 7.75. The van der Waals surface area contributed by atoms with Crippen molar-refractivity contribution in [1.29, 1.82) is 0 Å². The van der Waals surface area contributed by atoms with Crippen molar-refractivity contribution in [2.75, 3.05) is 26.0 Å². The Morgan fingerprint density at radius 3 is 2.52 bits per heavy atom. The lowest BCUT2D eigenvalue weighted by Gasteiger charge is -2.16.